The predicted molar refractivity (Wildman–Crippen MR) is 96.5 cm³/mol. The minimum Gasteiger partial charge on any atom is -0.355 e. The van der Waals surface area contributed by atoms with E-state index in [0.29, 0.717) is 25.5 Å². The highest BCUT2D eigenvalue weighted by Gasteiger charge is 2.20. The number of aromatic amines is 1. The Morgan fingerprint density at radius 3 is 2.96 bits per heavy atom. The first-order chi connectivity index (χ1) is 11.6. The summed E-state index contributed by atoms with van der Waals surface area (Å²) in [6, 6.07) is 0. The first kappa shape index (κ1) is 17.1. The highest BCUT2D eigenvalue weighted by atomic mass is 32.1. The minimum absolute atomic E-state index is 0.00522. The maximum atomic E-state index is 12.5. The first-order valence-electron chi connectivity index (χ1n) is 8.57. The number of hydrogen-bond donors (Lipinski definition) is 2. The molecular weight excluding hydrogens is 324 g/mol. The van der Waals surface area contributed by atoms with E-state index in [1.165, 1.54) is 16.9 Å². The lowest BCUT2D eigenvalue weighted by Crippen LogP contribution is -2.35. The number of rotatable bonds is 6. The summed E-state index contributed by atoms with van der Waals surface area (Å²) >= 11 is 1.65. The van der Waals surface area contributed by atoms with Gasteiger partial charge < -0.3 is 10.3 Å². The summed E-state index contributed by atoms with van der Waals surface area (Å²) in [6.45, 7) is 3.46. The Morgan fingerprint density at radius 1 is 1.38 bits per heavy atom. The van der Waals surface area contributed by atoms with Gasteiger partial charge in [-0.2, -0.15) is 0 Å². The third kappa shape index (κ3) is 3.67. The van der Waals surface area contributed by atoms with Crippen LogP contribution in [0, 0.1) is 0 Å². The number of fused-ring (bicyclic) bond motifs is 3. The number of thiophene rings is 1. The Hall–Kier alpha value is -1.73. The second-order valence-corrected chi connectivity index (χ2v) is 7.51. The predicted octanol–water partition coefficient (Wildman–Crippen LogP) is 1.82. The topological polar surface area (TPSA) is 78.1 Å². The fraction of sp³-hybridized carbons (Fsp3) is 0.588. The third-order valence-corrected chi connectivity index (χ3v) is 5.47. The number of carbonyl (C=O) groups is 1. The van der Waals surface area contributed by atoms with Gasteiger partial charge in [0.2, 0.25) is 5.91 Å². The summed E-state index contributed by atoms with van der Waals surface area (Å²) in [6.07, 6.45) is 5.31. The monoisotopic (exact) mass is 348 g/mol. The molecule has 0 aromatic carbocycles. The number of hydrogen-bond acceptors (Lipinski definition) is 5. The largest absolute Gasteiger partial charge is 0.355 e. The second-order valence-electron chi connectivity index (χ2n) is 6.43. The van der Waals surface area contributed by atoms with Crippen molar-refractivity contribution in [2.45, 2.75) is 45.6 Å². The van der Waals surface area contributed by atoms with Gasteiger partial charge in [0.25, 0.3) is 5.56 Å². The average molecular weight is 348 g/mol. The fourth-order valence-electron chi connectivity index (χ4n) is 3.16. The molecule has 1 aliphatic carbocycles. The fourth-order valence-corrected chi connectivity index (χ4v) is 4.44. The molecule has 0 atom stereocenters. The van der Waals surface area contributed by atoms with E-state index in [-0.39, 0.29) is 11.5 Å². The van der Waals surface area contributed by atoms with Gasteiger partial charge in [0, 0.05) is 11.4 Å². The molecule has 0 fully saturated rings. The molecule has 24 heavy (non-hydrogen) atoms. The Labute approximate surface area is 145 Å². The van der Waals surface area contributed by atoms with Crippen LogP contribution in [0.5, 0.6) is 0 Å². The maximum absolute atomic E-state index is 12.5. The van der Waals surface area contributed by atoms with Gasteiger partial charge in [0.05, 0.1) is 18.5 Å². The quantitative estimate of drug-likeness (QED) is 0.835. The molecule has 2 heterocycles. The molecule has 0 unspecified atom stereocenters. The van der Waals surface area contributed by atoms with E-state index < -0.39 is 0 Å². The van der Waals surface area contributed by atoms with E-state index >= 15 is 0 Å². The molecule has 7 heteroatoms. The molecule has 0 bridgehead atoms. The zero-order valence-corrected chi connectivity index (χ0v) is 15.1. The van der Waals surface area contributed by atoms with Crippen LogP contribution in [0.4, 0.5) is 0 Å². The summed E-state index contributed by atoms with van der Waals surface area (Å²) in [5.41, 5.74) is 1.16. The molecule has 1 aliphatic rings. The molecule has 1 amide bonds. The molecule has 0 spiro atoms. The van der Waals surface area contributed by atoms with Gasteiger partial charge in [-0.3, -0.25) is 14.5 Å². The molecule has 3 rings (SSSR count). The molecule has 2 aromatic heterocycles. The number of nitrogens with one attached hydrogen (secondary N) is 2. The molecule has 0 aliphatic heterocycles. The van der Waals surface area contributed by atoms with Crippen molar-refractivity contribution in [2.24, 2.45) is 0 Å². The van der Waals surface area contributed by atoms with Crippen LogP contribution >= 0.6 is 11.3 Å². The molecule has 2 N–H and O–H groups in total. The van der Waals surface area contributed by atoms with Crippen LogP contribution in [-0.4, -0.2) is 40.9 Å². The normalized spacial score (nSPS) is 14.1. The van der Waals surface area contributed by atoms with Crippen molar-refractivity contribution in [2.75, 3.05) is 20.1 Å². The van der Waals surface area contributed by atoms with E-state index in [9.17, 15) is 9.59 Å². The summed E-state index contributed by atoms with van der Waals surface area (Å²) in [5, 5.41) is 3.63. The minimum atomic E-state index is -0.0433. The Morgan fingerprint density at radius 2 is 2.17 bits per heavy atom. The van der Waals surface area contributed by atoms with Gasteiger partial charge >= 0.3 is 0 Å². The van der Waals surface area contributed by atoms with Gasteiger partial charge in [-0.05, 0) is 44.7 Å². The molecule has 0 radical (unpaired) electrons. The summed E-state index contributed by atoms with van der Waals surface area (Å²) in [7, 11) is 1.86. The highest BCUT2D eigenvalue weighted by molar-refractivity contribution is 7.18. The summed E-state index contributed by atoms with van der Waals surface area (Å²) < 4.78 is 0. The van der Waals surface area contributed by atoms with Gasteiger partial charge in [-0.25, -0.2) is 4.98 Å². The smallest absolute Gasteiger partial charge is 0.259 e. The van der Waals surface area contributed by atoms with E-state index in [0.717, 1.165) is 35.9 Å². The molecule has 0 saturated carbocycles. The van der Waals surface area contributed by atoms with Crippen LogP contribution in [0.25, 0.3) is 10.2 Å². The van der Waals surface area contributed by atoms with Crippen LogP contribution in [0.1, 0.15) is 42.5 Å². The number of nitrogens with zero attached hydrogens (tertiary/aromatic N) is 2. The zero-order valence-electron chi connectivity index (χ0n) is 14.3. The molecular formula is C17H24N4O2S. The van der Waals surface area contributed by atoms with E-state index in [2.05, 4.69) is 15.3 Å². The number of amides is 1. The lowest BCUT2D eigenvalue weighted by Gasteiger charge is -2.15. The number of likely N-dealkylation sites (N-methyl/N-ethyl adjacent to an activating group) is 1. The van der Waals surface area contributed by atoms with Gasteiger partial charge in [-0.1, -0.05) is 6.92 Å². The highest BCUT2D eigenvalue weighted by Crippen LogP contribution is 2.33. The number of aryl methyl sites for hydroxylation is 2. The Balaban J connectivity index is 1.76. The van der Waals surface area contributed by atoms with Crippen molar-refractivity contribution in [1.29, 1.82) is 0 Å². The van der Waals surface area contributed by atoms with Crippen molar-refractivity contribution < 1.29 is 4.79 Å². The molecule has 0 saturated heterocycles. The van der Waals surface area contributed by atoms with Crippen LogP contribution in [0.2, 0.25) is 0 Å². The summed E-state index contributed by atoms with van der Waals surface area (Å²) in [4.78, 5) is 35.8. The average Bonchev–Trinajstić information content (AvgIpc) is 2.91. The lowest BCUT2D eigenvalue weighted by atomic mass is 9.97. The van der Waals surface area contributed by atoms with Crippen LogP contribution in [0.15, 0.2) is 4.79 Å². The number of carbonyl (C=O) groups excluding carboxylic acids is 1. The van der Waals surface area contributed by atoms with Gasteiger partial charge in [-0.15, -0.1) is 11.3 Å². The molecule has 6 nitrogen and oxygen atoms in total. The number of H-pyrrole nitrogens is 1. The molecule has 130 valence electrons. The van der Waals surface area contributed by atoms with E-state index in [4.69, 9.17) is 0 Å². The SMILES string of the molecule is CCCNC(=O)CN(C)Cc1nc2sc3c(c2c(=O)[nH]1)CCCC3. The molecule has 2 aromatic rings. The van der Waals surface area contributed by atoms with Crippen molar-refractivity contribution in [3.63, 3.8) is 0 Å². The third-order valence-electron chi connectivity index (χ3n) is 4.28. The van der Waals surface area contributed by atoms with Crippen molar-refractivity contribution in [3.8, 4) is 0 Å². The van der Waals surface area contributed by atoms with Crippen molar-refractivity contribution in [1.82, 2.24) is 20.2 Å². The van der Waals surface area contributed by atoms with Gasteiger partial charge in [0.1, 0.15) is 10.7 Å². The summed E-state index contributed by atoms with van der Waals surface area (Å²) in [5.74, 6) is 0.617. The lowest BCUT2D eigenvalue weighted by molar-refractivity contribution is -0.122. The standard InChI is InChI=1S/C17H24N4O2S/c1-3-8-18-14(22)10-21(2)9-13-19-16(23)15-11-6-4-5-7-12(11)24-17(15)20-13/h3-10H2,1-2H3,(H,18,22)(H,19,20,23). The number of aromatic nitrogens is 2. The maximum Gasteiger partial charge on any atom is 0.259 e. The van der Waals surface area contributed by atoms with E-state index in [1.54, 1.807) is 11.3 Å². The zero-order chi connectivity index (χ0) is 17.1. The van der Waals surface area contributed by atoms with Crippen molar-refractivity contribution in [3.05, 3.63) is 26.6 Å². The van der Waals surface area contributed by atoms with Gasteiger partial charge in [0.15, 0.2) is 0 Å². The van der Waals surface area contributed by atoms with Crippen LogP contribution in [0.3, 0.4) is 0 Å². The van der Waals surface area contributed by atoms with Crippen LogP contribution < -0.4 is 10.9 Å². The van der Waals surface area contributed by atoms with E-state index in [1.807, 2.05) is 18.9 Å². The second kappa shape index (κ2) is 7.44. The Kier molecular flexibility index (Phi) is 5.30. The van der Waals surface area contributed by atoms with Crippen molar-refractivity contribution >= 4 is 27.5 Å². The Bertz CT molecular complexity index is 796. The first-order valence-corrected chi connectivity index (χ1v) is 9.38. The van der Waals surface area contributed by atoms with Crippen LogP contribution in [-0.2, 0) is 24.2 Å².